The van der Waals surface area contributed by atoms with Crippen LogP contribution in [0.1, 0.15) is 28.4 Å². The minimum absolute atomic E-state index is 0.178. The Balaban J connectivity index is 2.77. The van der Waals surface area contributed by atoms with Crippen molar-refractivity contribution < 1.29 is 19.4 Å². The van der Waals surface area contributed by atoms with Gasteiger partial charge in [-0.25, -0.2) is 4.79 Å². The monoisotopic (exact) mass is 291 g/mol. The second-order valence-corrected chi connectivity index (χ2v) is 5.01. The number of carbonyl (C=O) groups is 2. The van der Waals surface area contributed by atoms with Crippen molar-refractivity contribution in [1.82, 2.24) is 5.32 Å². The van der Waals surface area contributed by atoms with Crippen molar-refractivity contribution in [3.63, 3.8) is 0 Å². The normalized spacial score (nSPS) is 12.3. The lowest BCUT2D eigenvalue weighted by molar-refractivity contribution is -0.131. The molecule has 0 saturated carbocycles. The highest BCUT2D eigenvalue weighted by Gasteiger charge is 2.09. The standard InChI is InChI=1S/C16H21NO4/c1-11(10-21-3)9-17-16(20)14-5-4-12(2)13(8-14)6-7-15(18)19/h4-8,11H,9-10H2,1-3H3,(H,17,20)(H,18,19)/b7-6+. The Morgan fingerprint density at radius 1 is 1.43 bits per heavy atom. The molecule has 0 radical (unpaired) electrons. The lowest BCUT2D eigenvalue weighted by Crippen LogP contribution is -2.29. The molecule has 0 aromatic heterocycles. The van der Waals surface area contributed by atoms with E-state index in [0.29, 0.717) is 18.7 Å². The van der Waals surface area contributed by atoms with Crippen molar-refractivity contribution in [3.05, 3.63) is 41.0 Å². The first-order valence-electron chi connectivity index (χ1n) is 6.72. The van der Waals surface area contributed by atoms with Crippen LogP contribution >= 0.6 is 0 Å². The highest BCUT2D eigenvalue weighted by atomic mass is 16.5. The summed E-state index contributed by atoms with van der Waals surface area (Å²) in [4.78, 5) is 22.6. The van der Waals surface area contributed by atoms with Gasteiger partial charge in [-0.1, -0.05) is 13.0 Å². The molecule has 0 fully saturated rings. The van der Waals surface area contributed by atoms with Crippen molar-refractivity contribution in [2.75, 3.05) is 20.3 Å². The van der Waals surface area contributed by atoms with Crippen molar-refractivity contribution in [3.8, 4) is 0 Å². The Labute approximate surface area is 124 Å². The fourth-order valence-electron chi connectivity index (χ4n) is 1.83. The third-order valence-electron chi connectivity index (χ3n) is 3.01. The van der Waals surface area contributed by atoms with Crippen LogP contribution in [0.5, 0.6) is 0 Å². The van der Waals surface area contributed by atoms with Gasteiger partial charge in [0.15, 0.2) is 0 Å². The van der Waals surface area contributed by atoms with Crippen molar-refractivity contribution in [1.29, 1.82) is 0 Å². The zero-order valence-electron chi connectivity index (χ0n) is 12.6. The number of carboxylic acids is 1. The van der Waals surface area contributed by atoms with Crippen LogP contribution in [-0.4, -0.2) is 37.2 Å². The minimum Gasteiger partial charge on any atom is -0.478 e. The molecule has 5 heteroatoms. The quantitative estimate of drug-likeness (QED) is 0.754. The fourth-order valence-corrected chi connectivity index (χ4v) is 1.83. The number of aryl methyl sites for hydroxylation is 1. The largest absolute Gasteiger partial charge is 0.478 e. The maximum absolute atomic E-state index is 12.1. The van der Waals surface area contributed by atoms with Gasteiger partial charge in [-0.3, -0.25) is 4.79 Å². The third kappa shape index (κ3) is 5.79. The number of ether oxygens (including phenoxy) is 1. The average molecular weight is 291 g/mol. The van der Waals surface area contributed by atoms with E-state index in [2.05, 4.69) is 5.32 Å². The highest BCUT2D eigenvalue weighted by Crippen LogP contribution is 2.13. The first kappa shape index (κ1) is 16.9. The van der Waals surface area contributed by atoms with E-state index in [1.807, 2.05) is 13.8 Å². The fraction of sp³-hybridized carbons (Fsp3) is 0.375. The molecule has 1 atom stereocenters. The van der Waals surface area contributed by atoms with Crippen LogP contribution in [0.3, 0.4) is 0 Å². The maximum atomic E-state index is 12.1. The zero-order valence-corrected chi connectivity index (χ0v) is 12.6. The molecule has 0 spiro atoms. The van der Waals surface area contributed by atoms with E-state index >= 15 is 0 Å². The molecule has 0 aliphatic heterocycles. The predicted octanol–water partition coefficient (Wildman–Crippen LogP) is 2.11. The van der Waals surface area contributed by atoms with Gasteiger partial charge in [0.25, 0.3) is 5.91 Å². The summed E-state index contributed by atoms with van der Waals surface area (Å²) in [5, 5.41) is 11.5. The van der Waals surface area contributed by atoms with Gasteiger partial charge in [-0.05, 0) is 42.2 Å². The molecule has 114 valence electrons. The molecule has 1 unspecified atom stereocenters. The number of hydrogen-bond donors (Lipinski definition) is 2. The molecule has 1 aromatic carbocycles. The Kier molecular flexibility index (Phi) is 6.62. The third-order valence-corrected chi connectivity index (χ3v) is 3.01. The topological polar surface area (TPSA) is 75.6 Å². The molecule has 0 heterocycles. The Hall–Kier alpha value is -2.14. The summed E-state index contributed by atoms with van der Waals surface area (Å²) in [5.41, 5.74) is 2.14. The molecular formula is C16H21NO4. The maximum Gasteiger partial charge on any atom is 0.328 e. The number of carboxylic acid groups (broad SMARTS) is 1. The lowest BCUT2D eigenvalue weighted by Gasteiger charge is -2.12. The molecule has 0 aliphatic rings. The first-order chi connectivity index (χ1) is 9.93. The number of nitrogens with one attached hydrogen (secondary N) is 1. The number of aliphatic carboxylic acids is 1. The number of carbonyl (C=O) groups excluding carboxylic acids is 1. The zero-order chi connectivity index (χ0) is 15.8. The number of benzene rings is 1. The molecular weight excluding hydrogens is 270 g/mol. The highest BCUT2D eigenvalue weighted by molar-refractivity contribution is 5.95. The van der Waals surface area contributed by atoms with E-state index in [0.717, 1.165) is 17.2 Å². The van der Waals surface area contributed by atoms with Crippen LogP contribution in [0.4, 0.5) is 0 Å². The minimum atomic E-state index is -1.02. The number of methoxy groups -OCH3 is 1. The van der Waals surface area contributed by atoms with Crippen LogP contribution in [-0.2, 0) is 9.53 Å². The molecule has 1 aromatic rings. The van der Waals surface area contributed by atoms with E-state index < -0.39 is 5.97 Å². The smallest absolute Gasteiger partial charge is 0.328 e. The van der Waals surface area contributed by atoms with Gasteiger partial charge in [0.1, 0.15) is 0 Å². The van der Waals surface area contributed by atoms with E-state index in [-0.39, 0.29) is 11.8 Å². The van der Waals surface area contributed by atoms with Crippen LogP contribution in [0.2, 0.25) is 0 Å². The van der Waals surface area contributed by atoms with E-state index in [4.69, 9.17) is 9.84 Å². The molecule has 2 N–H and O–H groups in total. The van der Waals surface area contributed by atoms with Gasteiger partial charge in [0.2, 0.25) is 0 Å². The van der Waals surface area contributed by atoms with Crippen LogP contribution in [0.25, 0.3) is 6.08 Å². The van der Waals surface area contributed by atoms with Gasteiger partial charge in [0, 0.05) is 25.3 Å². The lowest BCUT2D eigenvalue weighted by atomic mass is 10.0. The number of hydrogen-bond acceptors (Lipinski definition) is 3. The molecule has 0 aliphatic carbocycles. The summed E-state index contributed by atoms with van der Waals surface area (Å²) >= 11 is 0. The number of amides is 1. The predicted molar refractivity (Wildman–Crippen MR) is 81.2 cm³/mol. The Morgan fingerprint density at radius 2 is 2.14 bits per heavy atom. The van der Waals surface area contributed by atoms with Gasteiger partial charge in [-0.2, -0.15) is 0 Å². The van der Waals surface area contributed by atoms with Crippen molar-refractivity contribution in [2.45, 2.75) is 13.8 Å². The molecule has 0 saturated heterocycles. The Bertz CT molecular complexity index is 537. The van der Waals surface area contributed by atoms with Crippen LogP contribution < -0.4 is 5.32 Å². The Morgan fingerprint density at radius 3 is 2.76 bits per heavy atom. The first-order valence-corrected chi connectivity index (χ1v) is 6.72. The summed E-state index contributed by atoms with van der Waals surface area (Å²) in [6, 6.07) is 5.21. The van der Waals surface area contributed by atoms with Gasteiger partial charge >= 0.3 is 5.97 Å². The summed E-state index contributed by atoms with van der Waals surface area (Å²) in [6.07, 6.45) is 2.55. The summed E-state index contributed by atoms with van der Waals surface area (Å²) in [5.74, 6) is -0.962. The van der Waals surface area contributed by atoms with Gasteiger partial charge in [-0.15, -0.1) is 0 Å². The van der Waals surface area contributed by atoms with E-state index in [1.54, 1.807) is 25.3 Å². The second-order valence-electron chi connectivity index (χ2n) is 5.01. The molecule has 5 nitrogen and oxygen atoms in total. The molecule has 1 rings (SSSR count). The van der Waals surface area contributed by atoms with Crippen LogP contribution in [0.15, 0.2) is 24.3 Å². The molecule has 21 heavy (non-hydrogen) atoms. The summed E-state index contributed by atoms with van der Waals surface area (Å²) < 4.78 is 5.01. The molecule has 0 bridgehead atoms. The van der Waals surface area contributed by atoms with E-state index in [9.17, 15) is 9.59 Å². The average Bonchev–Trinajstić information content (AvgIpc) is 2.44. The van der Waals surface area contributed by atoms with Crippen molar-refractivity contribution >= 4 is 18.0 Å². The van der Waals surface area contributed by atoms with E-state index in [1.165, 1.54) is 6.08 Å². The molecule has 1 amide bonds. The van der Waals surface area contributed by atoms with Gasteiger partial charge in [0.05, 0.1) is 6.61 Å². The number of rotatable bonds is 7. The summed E-state index contributed by atoms with van der Waals surface area (Å²) in [6.45, 7) is 4.96. The SMILES string of the molecule is COCC(C)CNC(=O)c1ccc(C)c(/C=C/C(=O)O)c1. The second kappa shape index (κ2) is 8.21. The van der Waals surface area contributed by atoms with Crippen molar-refractivity contribution in [2.24, 2.45) is 5.92 Å². The van der Waals surface area contributed by atoms with Gasteiger partial charge < -0.3 is 15.2 Å². The van der Waals surface area contributed by atoms with Crippen LogP contribution in [0, 0.1) is 12.8 Å². The summed E-state index contributed by atoms with van der Waals surface area (Å²) in [7, 11) is 1.62.